The van der Waals surface area contributed by atoms with Crippen LogP contribution in [0.1, 0.15) is 35.7 Å². The number of thioether (sulfide) groups is 1. The first-order valence-electron chi connectivity index (χ1n) is 8.89. The van der Waals surface area contributed by atoms with Crippen LogP contribution in [-0.4, -0.2) is 21.1 Å². The molecule has 0 unspecified atom stereocenters. The lowest BCUT2D eigenvalue weighted by atomic mass is 10.1. The number of carbonyl (C=O) groups excluding carboxylic acids is 1. The van der Waals surface area contributed by atoms with Gasteiger partial charge in [0.2, 0.25) is 5.91 Å². The van der Waals surface area contributed by atoms with Crippen LogP contribution in [0.15, 0.2) is 29.1 Å². The number of rotatable bonds is 6. The van der Waals surface area contributed by atoms with Gasteiger partial charge in [-0.3, -0.25) is 9.59 Å². The first kappa shape index (κ1) is 19.6. The van der Waals surface area contributed by atoms with Crippen LogP contribution < -0.4 is 10.9 Å². The second-order valence-corrected chi connectivity index (χ2v) is 9.00. The molecular formula is C20H23N3O2S2. The molecule has 5 nitrogen and oxygen atoms in total. The molecule has 0 spiro atoms. The third kappa shape index (κ3) is 4.42. The lowest BCUT2D eigenvalue weighted by molar-refractivity contribution is -0.115. The number of aromatic nitrogens is 2. The zero-order valence-corrected chi connectivity index (χ0v) is 17.5. The van der Waals surface area contributed by atoms with Crippen molar-refractivity contribution in [1.82, 2.24) is 9.97 Å². The van der Waals surface area contributed by atoms with E-state index < -0.39 is 0 Å². The number of fused-ring (bicyclic) bond motifs is 1. The summed E-state index contributed by atoms with van der Waals surface area (Å²) in [5, 5.41) is 3.34. The number of H-pyrrole nitrogens is 1. The summed E-state index contributed by atoms with van der Waals surface area (Å²) in [5.74, 6) is 1.02. The second kappa shape index (κ2) is 8.27. The molecule has 0 saturated heterocycles. The largest absolute Gasteiger partial charge is 0.325 e. The van der Waals surface area contributed by atoms with E-state index in [1.807, 2.05) is 45.0 Å². The average Bonchev–Trinajstić information content (AvgIpc) is 2.94. The molecule has 142 valence electrons. The van der Waals surface area contributed by atoms with Gasteiger partial charge in [0, 0.05) is 10.6 Å². The molecule has 0 fully saturated rings. The molecule has 1 aromatic carbocycles. The number of thiophene rings is 1. The maximum absolute atomic E-state index is 12.4. The molecule has 0 radical (unpaired) electrons. The third-order valence-corrected chi connectivity index (χ3v) is 6.81. The molecule has 2 heterocycles. The lowest BCUT2D eigenvalue weighted by Gasteiger charge is -2.12. The number of benzene rings is 1. The molecular weight excluding hydrogens is 378 g/mol. The van der Waals surface area contributed by atoms with E-state index >= 15 is 0 Å². The molecule has 2 aromatic heterocycles. The smallest absolute Gasteiger partial charge is 0.259 e. The molecule has 2 N–H and O–H groups in total. The predicted molar refractivity (Wildman–Crippen MR) is 115 cm³/mol. The fourth-order valence-electron chi connectivity index (χ4n) is 2.71. The van der Waals surface area contributed by atoms with Gasteiger partial charge in [0.25, 0.3) is 5.56 Å². The van der Waals surface area contributed by atoms with Crippen LogP contribution in [-0.2, 0) is 17.0 Å². The molecule has 3 rings (SSSR count). The summed E-state index contributed by atoms with van der Waals surface area (Å²) in [6.45, 7) is 7.89. The monoisotopic (exact) mass is 401 g/mol. The Hall–Kier alpha value is -2.12. The van der Waals surface area contributed by atoms with Crippen LogP contribution in [0.3, 0.4) is 0 Å². The minimum absolute atomic E-state index is 0.0597. The zero-order valence-electron chi connectivity index (χ0n) is 15.9. The standard InChI is InChI=1S/C20H23N3O2S2/c1-5-14-6-8-15(9-7-14)21-18(24)13(4)26-10-16-22-19(25)17-11(2)12(3)27-20(17)23-16/h6-9,13H,5,10H2,1-4H3,(H,21,24)(H,22,23,25)/t13-/m1/s1. The number of nitrogens with one attached hydrogen (secondary N) is 2. The Kier molecular flexibility index (Phi) is 6.01. The van der Waals surface area contributed by atoms with Gasteiger partial charge in [0.15, 0.2) is 0 Å². The molecule has 0 bridgehead atoms. The van der Waals surface area contributed by atoms with Gasteiger partial charge in [-0.05, 0) is 50.5 Å². The van der Waals surface area contributed by atoms with E-state index in [1.54, 1.807) is 0 Å². The van der Waals surface area contributed by atoms with E-state index in [-0.39, 0.29) is 16.7 Å². The third-order valence-electron chi connectivity index (χ3n) is 4.56. The maximum Gasteiger partial charge on any atom is 0.259 e. The fraction of sp³-hybridized carbons (Fsp3) is 0.350. The van der Waals surface area contributed by atoms with Gasteiger partial charge in [0.1, 0.15) is 10.7 Å². The number of carbonyl (C=O) groups is 1. The Morgan fingerprint density at radius 1 is 1.30 bits per heavy atom. The number of anilines is 1. The van der Waals surface area contributed by atoms with Gasteiger partial charge in [0.05, 0.1) is 16.4 Å². The summed E-state index contributed by atoms with van der Waals surface area (Å²) >= 11 is 2.99. The minimum atomic E-state index is -0.261. The maximum atomic E-state index is 12.4. The number of amides is 1. The molecule has 0 aliphatic carbocycles. The highest BCUT2D eigenvalue weighted by Crippen LogP contribution is 2.26. The van der Waals surface area contributed by atoms with Crippen LogP contribution in [0.2, 0.25) is 0 Å². The topological polar surface area (TPSA) is 74.8 Å². The molecule has 1 atom stereocenters. The molecule has 0 saturated carbocycles. The van der Waals surface area contributed by atoms with Crippen molar-refractivity contribution in [1.29, 1.82) is 0 Å². The summed E-state index contributed by atoms with van der Waals surface area (Å²) in [7, 11) is 0. The summed E-state index contributed by atoms with van der Waals surface area (Å²) in [6.07, 6.45) is 0.972. The van der Waals surface area contributed by atoms with Crippen molar-refractivity contribution in [2.75, 3.05) is 5.32 Å². The summed E-state index contributed by atoms with van der Waals surface area (Å²) in [5.41, 5.74) is 2.91. The van der Waals surface area contributed by atoms with Gasteiger partial charge in [-0.25, -0.2) is 4.98 Å². The van der Waals surface area contributed by atoms with E-state index in [4.69, 9.17) is 0 Å². The first-order chi connectivity index (χ1) is 12.9. The average molecular weight is 402 g/mol. The van der Waals surface area contributed by atoms with E-state index in [0.29, 0.717) is 17.0 Å². The van der Waals surface area contributed by atoms with Crippen LogP contribution in [0.25, 0.3) is 10.2 Å². The molecule has 0 aliphatic rings. The van der Waals surface area contributed by atoms with Crippen molar-refractivity contribution in [2.24, 2.45) is 0 Å². The molecule has 1 amide bonds. The summed E-state index contributed by atoms with van der Waals surface area (Å²) < 4.78 is 0. The van der Waals surface area contributed by atoms with Crippen molar-refractivity contribution in [3.63, 3.8) is 0 Å². The van der Waals surface area contributed by atoms with Crippen LogP contribution in [0, 0.1) is 13.8 Å². The Labute approximate surface area is 166 Å². The Morgan fingerprint density at radius 3 is 2.67 bits per heavy atom. The molecule has 27 heavy (non-hydrogen) atoms. The predicted octanol–water partition coefficient (Wildman–Crippen LogP) is 4.42. The zero-order chi connectivity index (χ0) is 19.6. The van der Waals surface area contributed by atoms with Gasteiger partial charge < -0.3 is 10.3 Å². The molecule has 3 aromatic rings. The second-order valence-electron chi connectivity index (χ2n) is 6.47. The van der Waals surface area contributed by atoms with Crippen molar-refractivity contribution in [2.45, 2.75) is 45.1 Å². The van der Waals surface area contributed by atoms with E-state index in [0.717, 1.165) is 27.4 Å². The molecule has 7 heteroatoms. The van der Waals surface area contributed by atoms with E-state index in [9.17, 15) is 9.59 Å². The van der Waals surface area contributed by atoms with E-state index in [1.165, 1.54) is 28.7 Å². The fourth-order valence-corrected chi connectivity index (χ4v) is 4.52. The van der Waals surface area contributed by atoms with Crippen LogP contribution in [0.4, 0.5) is 5.69 Å². The first-order valence-corrected chi connectivity index (χ1v) is 10.8. The number of hydrogen-bond donors (Lipinski definition) is 2. The molecule has 0 aliphatic heterocycles. The number of aromatic amines is 1. The highest BCUT2D eigenvalue weighted by Gasteiger charge is 2.16. The summed E-state index contributed by atoms with van der Waals surface area (Å²) in [6, 6.07) is 7.87. The van der Waals surface area contributed by atoms with Gasteiger partial charge in [-0.1, -0.05) is 19.1 Å². The summed E-state index contributed by atoms with van der Waals surface area (Å²) in [4.78, 5) is 34.0. The van der Waals surface area contributed by atoms with Crippen molar-refractivity contribution in [3.8, 4) is 0 Å². The van der Waals surface area contributed by atoms with Crippen LogP contribution in [0.5, 0.6) is 0 Å². The number of nitrogens with zero attached hydrogens (tertiary/aromatic N) is 1. The van der Waals surface area contributed by atoms with Gasteiger partial charge in [-0.2, -0.15) is 0 Å². The van der Waals surface area contributed by atoms with Gasteiger partial charge >= 0.3 is 0 Å². The Bertz CT molecular complexity index is 1020. The quantitative estimate of drug-likeness (QED) is 0.641. The van der Waals surface area contributed by atoms with Crippen molar-refractivity contribution in [3.05, 3.63) is 56.4 Å². The van der Waals surface area contributed by atoms with Crippen molar-refractivity contribution >= 4 is 44.9 Å². The minimum Gasteiger partial charge on any atom is -0.325 e. The Balaban J connectivity index is 1.64. The Morgan fingerprint density at radius 2 is 2.00 bits per heavy atom. The highest BCUT2D eigenvalue weighted by atomic mass is 32.2. The number of aryl methyl sites for hydroxylation is 3. The van der Waals surface area contributed by atoms with Crippen LogP contribution >= 0.6 is 23.1 Å². The SMILES string of the molecule is CCc1ccc(NC(=O)[C@@H](C)SCc2nc3sc(C)c(C)c3c(=O)[nH]2)cc1. The van der Waals surface area contributed by atoms with Gasteiger partial charge in [-0.15, -0.1) is 23.1 Å². The lowest BCUT2D eigenvalue weighted by Crippen LogP contribution is -2.23. The normalized spacial score (nSPS) is 12.3. The highest BCUT2D eigenvalue weighted by molar-refractivity contribution is 7.99. The van der Waals surface area contributed by atoms with E-state index in [2.05, 4.69) is 22.2 Å². The number of hydrogen-bond acceptors (Lipinski definition) is 5. The van der Waals surface area contributed by atoms with Crippen molar-refractivity contribution < 1.29 is 4.79 Å².